The lowest BCUT2D eigenvalue weighted by Crippen LogP contribution is -2.24. The van der Waals surface area contributed by atoms with E-state index >= 15 is 0 Å². The van der Waals surface area contributed by atoms with Crippen molar-refractivity contribution in [3.05, 3.63) is 37.1 Å². The van der Waals surface area contributed by atoms with E-state index in [2.05, 4.69) is 15.1 Å². The molecule has 18 heavy (non-hydrogen) atoms. The highest BCUT2D eigenvalue weighted by Gasteiger charge is 2.12. The maximum atomic E-state index is 11.9. The molecule has 0 N–H and O–H groups in total. The number of nitrogens with zero attached hydrogens (tertiary/aromatic N) is 4. The van der Waals surface area contributed by atoms with Crippen molar-refractivity contribution in [2.75, 3.05) is 0 Å². The maximum absolute atomic E-state index is 11.9. The molecule has 0 aromatic carbocycles. The molecule has 0 amide bonds. The van der Waals surface area contributed by atoms with Gasteiger partial charge in [-0.05, 0) is 22.6 Å². The first-order valence-corrected chi connectivity index (χ1v) is 6.67. The van der Waals surface area contributed by atoms with Crippen LogP contribution in [0.15, 0.2) is 15.6 Å². The fourth-order valence-corrected chi connectivity index (χ4v) is 1.85. The number of hydrogen-bond acceptors (Lipinski definition) is 5. The first kappa shape index (κ1) is 13.5. The zero-order chi connectivity index (χ0) is 13.3. The Morgan fingerprint density at radius 1 is 1.56 bits per heavy atom. The van der Waals surface area contributed by atoms with Crippen LogP contribution in [0.2, 0.25) is 5.15 Å². The van der Waals surface area contributed by atoms with E-state index in [-0.39, 0.29) is 23.2 Å². The minimum atomic E-state index is -0.216. The van der Waals surface area contributed by atoms with Gasteiger partial charge in [0.15, 0.2) is 5.82 Å². The Morgan fingerprint density at radius 2 is 2.28 bits per heavy atom. The molecular formula is C10H10ClIN4O2. The lowest BCUT2D eigenvalue weighted by molar-refractivity contribution is 0.359. The summed E-state index contributed by atoms with van der Waals surface area (Å²) in [7, 11) is 0. The van der Waals surface area contributed by atoms with Gasteiger partial charge in [-0.2, -0.15) is 4.98 Å². The van der Waals surface area contributed by atoms with E-state index in [0.717, 1.165) is 0 Å². The van der Waals surface area contributed by atoms with E-state index in [0.29, 0.717) is 15.3 Å². The van der Waals surface area contributed by atoms with E-state index < -0.39 is 0 Å². The fraction of sp³-hybridized carbons (Fsp3) is 0.400. The lowest BCUT2D eigenvalue weighted by Gasteiger charge is -2.02. The highest BCUT2D eigenvalue weighted by atomic mass is 127. The average Bonchev–Trinajstić information content (AvgIpc) is 2.79. The summed E-state index contributed by atoms with van der Waals surface area (Å²) >= 11 is 7.61. The molecule has 0 radical (unpaired) electrons. The van der Waals surface area contributed by atoms with Crippen LogP contribution in [0.3, 0.4) is 0 Å². The van der Waals surface area contributed by atoms with Gasteiger partial charge in [-0.15, -0.1) is 0 Å². The Balaban J connectivity index is 2.29. The minimum Gasteiger partial charge on any atom is -0.339 e. The van der Waals surface area contributed by atoms with Gasteiger partial charge in [-0.25, -0.2) is 4.98 Å². The van der Waals surface area contributed by atoms with Crippen LogP contribution < -0.4 is 5.56 Å². The molecule has 0 aliphatic carbocycles. The van der Waals surface area contributed by atoms with Gasteiger partial charge < -0.3 is 4.52 Å². The highest BCUT2D eigenvalue weighted by Crippen LogP contribution is 2.12. The maximum Gasteiger partial charge on any atom is 0.268 e. The van der Waals surface area contributed by atoms with Gasteiger partial charge in [-0.1, -0.05) is 30.6 Å². The molecule has 2 aromatic heterocycles. The van der Waals surface area contributed by atoms with Gasteiger partial charge in [0.1, 0.15) is 8.72 Å². The van der Waals surface area contributed by atoms with Crippen molar-refractivity contribution in [1.82, 2.24) is 19.7 Å². The van der Waals surface area contributed by atoms with E-state index in [9.17, 15) is 4.79 Å². The molecule has 0 fully saturated rings. The largest absolute Gasteiger partial charge is 0.339 e. The molecule has 96 valence electrons. The second-order valence-electron chi connectivity index (χ2n) is 3.99. The van der Waals surface area contributed by atoms with E-state index in [4.69, 9.17) is 16.1 Å². The predicted molar refractivity (Wildman–Crippen MR) is 73.7 cm³/mol. The third-order valence-electron chi connectivity index (χ3n) is 2.23. The van der Waals surface area contributed by atoms with Crippen LogP contribution in [-0.2, 0) is 6.54 Å². The van der Waals surface area contributed by atoms with Crippen molar-refractivity contribution in [2.45, 2.75) is 26.3 Å². The van der Waals surface area contributed by atoms with Crippen LogP contribution in [0.25, 0.3) is 0 Å². The normalized spacial score (nSPS) is 11.2. The molecule has 0 atom stereocenters. The minimum absolute atomic E-state index is 0.159. The van der Waals surface area contributed by atoms with Crippen LogP contribution in [0.4, 0.5) is 0 Å². The summed E-state index contributed by atoms with van der Waals surface area (Å²) < 4.78 is 6.84. The summed E-state index contributed by atoms with van der Waals surface area (Å²) in [6, 6.07) is 0. The predicted octanol–water partition coefficient (Wildman–Crippen LogP) is 2.06. The summed E-state index contributed by atoms with van der Waals surface area (Å²) in [6.07, 6.45) is 1.37. The van der Waals surface area contributed by atoms with Crippen molar-refractivity contribution < 1.29 is 4.52 Å². The van der Waals surface area contributed by atoms with Crippen LogP contribution in [0, 0.1) is 3.57 Å². The van der Waals surface area contributed by atoms with Crippen molar-refractivity contribution in [3.8, 4) is 0 Å². The van der Waals surface area contributed by atoms with Crippen molar-refractivity contribution in [3.63, 3.8) is 0 Å². The fourth-order valence-electron chi connectivity index (χ4n) is 1.28. The van der Waals surface area contributed by atoms with Crippen LogP contribution in [-0.4, -0.2) is 19.7 Å². The summed E-state index contributed by atoms with van der Waals surface area (Å²) in [5, 5.41) is 4.02. The molecule has 0 bridgehead atoms. The average molecular weight is 381 g/mol. The van der Waals surface area contributed by atoms with E-state index in [1.165, 1.54) is 10.9 Å². The number of halogens is 2. The molecule has 0 unspecified atom stereocenters. The van der Waals surface area contributed by atoms with Gasteiger partial charge in [0.2, 0.25) is 5.89 Å². The Bertz CT molecular complexity index is 623. The van der Waals surface area contributed by atoms with Gasteiger partial charge >= 0.3 is 0 Å². The Labute approximate surface area is 122 Å². The third kappa shape index (κ3) is 2.72. The zero-order valence-electron chi connectivity index (χ0n) is 9.72. The molecule has 6 nitrogen and oxygen atoms in total. The van der Waals surface area contributed by atoms with Crippen molar-refractivity contribution in [2.24, 2.45) is 0 Å². The smallest absolute Gasteiger partial charge is 0.268 e. The highest BCUT2D eigenvalue weighted by molar-refractivity contribution is 14.1. The van der Waals surface area contributed by atoms with E-state index in [1.807, 2.05) is 36.4 Å². The van der Waals surface area contributed by atoms with Crippen LogP contribution in [0.5, 0.6) is 0 Å². The summed E-state index contributed by atoms with van der Waals surface area (Å²) in [4.78, 5) is 20.0. The van der Waals surface area contributed by atoms with Gasteiger partial charge in [-0.3, -0.25) is 9.36 Å². The number of rotatable bonds is 3. The molecule has 8 heteroatoms. The summed E-state index contributed by atoms with van der Waals surface area (Å²) in [5.41, 5.74) is -0.216. The van der Waals surface area contributed by atoms with Crippen molar-refractivity contribution >= 4 is 34.2 Å². The molecule has 2 rings (SSSR count). The molecular weight excluding hydrogens is 370 g/mol. The quantitative estimate of drug-likeness (QED) is 0.602. The SMILES string of the molecule is CC(C)c1nc(Cn2cnc(Cl)c(I)c2=O)no1. The molecule has 0 saturated carbocycles. The summed E-state index contributed by atoms with van der Waals surface area (Å²) in [6.45, 7) is 4.13. The second kappa shape index (κ2) is 5.35. The molecule has 2 heterocycles. The molecule has 0 saturated heterocycles. The zero-order valence-corrected chi connectivity index (χ0v) is 12.6. The standard InChI is InChI=1S/C10H10ClIN4O2/c1-5(2)9-14-6(15-18-9)3-16-4-13-8(11)7(12)10(16)17/h4-5H,3H2,1-2H3. The first-order valence-electron chi connectivity index (χ1n) is 5.22. The molecule has 0 aliphatic heterocycles. The van der Waals surface area contributed by atoms with Crippen molar-refractivity contribution in [1.29, 1.82) is 0 Å². The van der Waals surface area contributed by atoms with Crippen LogP contribution in [0.1, 0.15) is 31.5 Å². The molecule has 0 aliphatic rings. The Hall–Kier alpha value is -0.960. The lowest BCUT2D eigenvalue weighted by atomic mass is 10.2. The van der Waals surface area contributed by atoms with Crippen LogP contribution >= 0.6 is 34.2 Å². The topological polar surface area (TPSA) is 73.8 Å². The summed E-state index contributed by atoms with van der Waals surface area (Å²) in [5.74, 6) is 1.15. The number of hydrogen-bond donors (Lipinski definition) is 0. The third-order valence-corrected chi connectivity index (χ3v) is 3.81. The van der Waals surface area contributed by atoms with Gasteiger partial charge in [0.05, 0.1) is 12.9 Å². The second-order valence-corrected chi connectivity index (χ2v) is 5.42. The van der Waals surface area contributed by atoms with Gasteiger partial charge in [0.25, 0.3) is 5.56 Å². The Morgan fingerprint density at radius 3 is 2.89 bits per heavy atom. The van der Waals surface area contributed by atoms with Gasteiger partial charge in [0, 0.05) is 5.92 Å². The number of aromatic nitrogens is 4. The van der Waals surface area contributed by atoms with E-state index in [1.54, 1.807) is 0 Å². The molecule has 0 spiro atoms. The molecule has 2 aromatic rings. The first-order chi connectivity index (χ1) is 8.49. The Kier molecular flexibility index (Phi) is 4.00. The monoisotopic (exact) mass is 380 g/mol.